The summed E-state index contributed by atoms with van der Waals surface area (Å²) in [7, 11) is 0. The van der Waals surface area contributed by atoms with Crippen molar-refractivity contribution in [2.45, 2.75) is 59.5 Å². The third kappa shape index (κ3) is 3.90. The van der Waals surface area contributed by atoms with Gasteiger partial charge in [0, 0.05) is 36.4 Å². The first kappa shape index (κ1) is 20.3. The predicted molar refractivity (Wildman–Crippen MR) is 112 cm³/mol. The lowest BCUT2D eigenvalue weighted by Crippen LogP contribution is -2.53. The van der Waals surface area contributed by atoms with E-state index in [1.54, 1.807) is 6.92 Å². The van der Waals surface area contributed by atoms with Gasteiger partial charge in [0.15, 0.2) is 5.78 Å². The summed E-state index contributed by atoms with van der Waals surface area (Å²) in [6, 6.07) is 8.57. The van der Waals surface area contributed by atoms with E-state index >= 15 is 0 Å². The van der Waals surface area contributed by atoms with Crippen LogP contribution >= 0.6 is 0 Å². The van der Waals surface area contributed by atoms with E-state index in [0.29, 0.717) is 24.2 Å². The van der Waals surface area contributed by atoms with Crippen LogP contribution in [0.25, 0.3) is 0 Å². The number of nitrogens with one attached hydrogen (secondary N) is 2. The Morgan fingerprint density at radius 1 is 1.21 bits per heavy atom. The number of aromatic amines is 1. The first-order valence-electron chi connectivity index (χ1n) is 10.1. The molecular formula is C23H31N3O2. The molecule has 0 bridgehead atoms. The number of H-pyrrole nitrogens is 1. The zero-order valence-electron chi connectivity index (χ0n) is 17.6. The van der Waals surface area contributed by atoms with Crippen LogP contribution in [0.2, 0.25) is 0 Å². The van der Waals surface area contributed by atoms with E-state index in [0.717, 1.165) is 30.8 Å². The number of carbonyl (C=O) groups excluding carboxylic acids is 2. The van der Waals surface area contributed by atoms with Crippen LogP contribution < -0.4 is 5.32 Å². The molecule has 0 spiro atoms. The quantitative estimate of drug-likeness (QED) is 0.751. The number of fused-ring (bicyclic) bond motifs is 1. The number of nitrogens with zero attached hydrogens (tertiary/aromatic N) is 1. The molecule has 2 aromatic rings. The Hall–Kier alpha value is -2.40. The van der Waals surface area contributed by atoms with Gasteiger partial charge < -0.3 is 10.3 Å². The Balaban J connectivity index is 1.71. The van der Waals surface area contributed by atoms with Crippen LogP contribution in [-0.4, -0.2) is 40.2 Å². The van der Waals surface area contributed by atoms with Gasteiger partial charge >= 0.3 is 0 Å². The monoisotopic (exact) mass is 381 g/mol. The zero-order chi connectivity index (χ0) is 20.5. The molecule has 1 aliphatic rings. The van der Waals surface area contributed by atoms with Crippen molar-refractivity contribution >= 4 is 11.7 Å². The number of hydrogen-bond acceptors (Lipinski definition) is 3. The summed E-state index contributed by atoms with van der Waals surface area (Å²) in [4.78, 5) is 30.4. The van der Waals surface area contributed by atoms with Crippen molar-refractivity contribution in [2.75, 3.05) is 13.1 Å². The topological polar surface area (TPSA) is 65.2 Å². The number of hydrogen-bond donors (Lipinski definition) is 2. The molecule has 150 valence electrons. The molecule has 1 aromatic carbocycles. The van der Waals surface area contributed by atoms with Crippen LogP contribution in [0.1, 0.15) is 70.9 Å². The Labute approximate surface area is 167 Å². The van der Waals surface area contributed by atoms with Crippen molar-refractivity contribution in [1.82, 2.24) is 15.2 Å². The molecular weight excluding hydrogens is 350 g/mol. The first-order chi connectivity index (χ1) is 13.2. The zero-order valence-corrected chi connectivity index (χ0v) is 17.6. The summed E-state index contributed by atoms with van der Waals surface area (Å²) < 4.78 is 0. The standard InChI is InChI=1S/C23H31N3O2/c1-6-19-20(16(3)27)15(2)25-21(19)22(28)24-14-23(4,5)26-12-11-17-9-7-8-10-18(17)13-26/h7-10,25H,6,11-14H2,1-5H3,(H,24,28). The third-order valence-electron chi connectivity index (χ3n) is 5.89. The second-order valence-electron chi connectivity index (χ2n) is 8.32. The Morgan fingerprint density at radius 3 is 2.54 bits per heavy atom. The van der Waals surface area contributed by atoms with Gasteiger partial charge in [0.1, 0.15) is 5.69 Å². The van der Waals surface area contributed by atoms with Gasteiger partial charge in [-0.3, -0.25) is 14.5 Å². The average molecular weight is 382 g/mol. The molecule has 0 unspecified atom stereocenters. The molecule has 1 aromatic heterocycles. The second-order valence-corrected chi connectivity index (χ2v) is 8.32. The van der Waals surface area contributed by atoms with Crippen LogP contribution in [0.15, 0.2) is 24.3 Å². The second kappa shape index (κ2) is 7.92. The number of aryl methyl sites for hydroxylation is 1. The highest BCUT2D eigenvalue weighted by atomic mass is 16.2. The van der Waals surface area contributed by atoms with Gasteiger partial charge in [-0.05, 0) is 57.2 Å². The van der Waals surface area contributed by atoms with Gasteiger partial charge in [-0.1, -0.05) is 31.2 Å². The van der Waals surface area contributed by atoms with Crippen molar-refractivity contribution < 1.29 is 9.59 Å². The van der Waals surface area contributed by atoms with Gasteiger partial charge in [-0.25, -0.2) is 0 Å². The van der Waals surface area contributed by atoms with E-state index in [1.165, 1.54) is 11.1 Å². The minimum atomic E-state index is -0.166. The van der Waals surface area contributed by atoms with Gasteiger partial charge in [0.25, 0.3) is 5.91 Å². The van der Waals surface area contributed by atoms with E-state index < -0.39 is 0 Å². The molecule has 5 nitrogen and oxygen atoms in total. The predicted octanol–water partition coefficient (Wildman–Crippen LogP) is 3.65. The largest absolute Gasteiger partial charge is 0.354 e. The third-order valence-corrected chi connectivity index (χ3v) is 5.89. The molecule has 0 radical (unpaired) electrons. The van der Waals surface area contributed by atoms with Crippen LogP contribution in [-0.2, 0) is 19.4 Å². The fourth-order valence-electron chi connectivity index (χ4n) is 4.21. The van der Waals surface area contributed by atoms with Crippen LogP contribution in [0.3, 0.4) is 0 Å². The molecule has 0 fully saturated rings. The first-order valence-corrected chi connectivity index (χ1v) is 10.1. The molecule has 1 amide bonds. The molecule has 2 heterocycles. The van der Waals surface area contributed by atoms with E-state index in [1.807, 2.05) is 13.8 Å². The van der Waals surface area contributed by atoms with Crippen molar-refractivity contribution in [3.8, 4) is 0 Å². The summed E-state index contributed by atoms with van der Waals surface area (Å²) in [6.07, 6.45) is 1.68. The summed E-state index contributed by atoms with van der Waals surface area (Å²) in [5.41, 5.74) is 5.37. The van der Waals surface area contributed by atoms with Gasteiger partial charge in [-0.15, -0.1) is 0 Å². The van der Waals surface area contributed by atoms with Gasteiger partial charge in [0.05, 0.1) is 0 Å². The molecule has 0 atom stereocenters. The highest BCUT2D eigenvalue weighted by molar-refractivity contribution is 6.02. The lowest BCUT2D eigenvalue weighted by atomic mass is 9.94. The molecule has 28 heavy (non-hydrogen) atoms. The fraction of sp³-hybridized carbons (Fsp3) is 0.478. The number of benzene rings is 1. The smallest absolute Gasteiger partial charge is 0.268 e. The molecule has 0 saturated carbocycles. The SMILES string of the molecule is CCc1c(C(=O)NCC(C)(C)N2CCc3ccccc3C2)[nH]c(C)c1C(C)=O. The molecule has 3 rings (SSSR count). The van der Waals surface area contributed by atoms with Crippen LogP contribution in [0.4, 0.5) is 0 Å². The minimum Gasteiger partial charge on any atom is -0.354 e. The van der Waals surface area contributed by atoms with Crippen molar-refractivity contribution in [1.29, 1.82) is 0 Å². The van der Waals surface area contributed by atoms with E-state index in [4.69, 9.17) is 0 Å². The maximum Gasteiger partial charge on any atom is 0.268 e. The molecule has 1 aliphatic heterocycles. The van der Waals surface area contributed by atoms with Crippen LogP contribution in [0, 0.1) is 6.92 Å². The summed E-state index contributed by atoms with van der Waals surface area (Å²) in [6.45, 7) is 12.1. The molecule has 0 aliphatic carbocycles. The maximum atomic E-state index is 12.9. The highest BCUT2D eigenvalue weighted by Crippen LogP contribution is 2.25. The van der Waals surface area contributed by atoms with Gasteiger partial charge in [0.2, 0.25) is 0 Å². The maximum absolute atomic E-state index is 12.9. The fourth-order valence-corrected chi connectivity index (χ4v) is 4.21. The van der Waals surface area contributed by atoms with Crippen LogP contribution in [0.5, 0.6) is 0 Å². The molecule has 5 heteroatoms. The Bertz CT molecular complexity index is 895. The number of rotatable bonds is 6. The average Bonchev–Trinajstić information content (AvgIpc) is 3.02. The number of carbonyl (C=O) groups is 2. The van der Waals surface area contributed by atoms with Crippen molar-refractivity contribution in [3.05, 3.63) is 57.9 Å². The summed E-state index contributed by atoms with van der Waals surface area (Å²) in [5.74, 6) is -0.144. The van der Waals surface area contributed by atoms with E-state index in [-0.39, 0.29) is 17.2 Å². The van der Waals surface area contributed by atoms with Gasteiger partial charge in [-0.2, -0.15) is 0 Å². The number of aromatic nitrogens is 1. The number of Topliss-reactive ketones (excluding diaryl/α,β-unsaturated/α-hetero) is 1. The van der Waals surface area contributed by atoms with E-state index in [2.05, 4.69) is 53.3 Å². The summed E-state index contributed by atoms with van der Waals surface area (Å²) in [5, 5.41) is 3.09. The Kier molecular flexibility index (Phi) is 5.75. The molecule has 2 N–H and O–H groups in total. The highest BCUT2D eigenvalue weighted by Gasteiger charge is 2.31. The lowest BCUT2D eigenvalue weighted by Gasteiger charge is -2.41. The Morgan fingerprint density at radius 2 is 1.89 bits per heavy atom. The lowest BCUT2D eigenvalue weighted by molar-refractivity contribution is 0.0822. The normalized spacial score (nSPS) is 14.6. The number of amides is 1. The number of ketones is 1. The van der Waals surface area contributed by atoms with E-state index in [9.17, 15) is 9.59 Å². The van der Waals surface area contributed by atoms with Crippen molar-refractivity contribution in [3.63, 3.8) is 0 Å². The minimum absolute atomic E-state index is 0.00281. The summed E-state index contributed by atoms with van der Waals surface area (Å²) >= 11 is 0. The van der Waals surface area contributed by atoms with Crippen molar-refractivity contribution in [2.24, 2.45) is 0 Å². The molecule has 0 saturated heterocycles.